The molecule has 1 aliphatic rings. The predicted octanol–water partition coefficient (Wildman–Crippen LogP) is 2.76. The number of rotatable bonds is 6. The van der Waals surface area contributed by atoms with Crippen molar-refractivity contribution in [2.45, 2.75) is 26.7 Å². The number of hydrogen-bond acceptors (Lipinski definition) is 4. The molecule has 1 amide bonds. The Labute approximate surface area is 144 Å². The van der Waals surface area contributed by atoms with Crippen LogP contribution in [0.5, 0.6) is 5.75 Å². The van der Waals surface area contributed by atoms with Gasteiger partial charge in [0.2, 0.25) is 5.91 Å². The highest BCUT2D eigenvalue weighted by atomic mass is 35.5. The van der Waals surface area contributed by atoms with E-state index in [9.17, 15) is 4.79 Å². The molecule has 2 rings (SSSR count). The molecular formula is C17H27ClN2O3. The van der Waals surface area contributed by atoms with E-state index in [1.807, 2.05) is 32.0 Å². The van der Waals surface area contributed by atoms with Crippen molar-refractivity contribution in [2.75, 3.05) is 31.7 Å². The van der Waals surface area contributed by atoms with Crippen LogP contribution in [-0.4, -0.2) is 32.3 Å². The summed E-state index contributed by atoms with van der Waals surface area (Å²) in [6.45, 7) is 6.49. The Bertz CT molecular complexity index is 505. The molecule has 0 aromatic heterocycles. The van der Waals surface area contributed by atoms with Crippen molar-refractivity contribution in [1.82, 2.24) is 0 Å². The van der Waals surface area contributed by atoms with Gasteiger partial charge in [0.1, 0.15) is 5.75 Å². The summed E-state index contributed by atoms with van der Waals surface area (Å²) in [7, 11) is 0. The fourth-order valence-electron chi connectivity index (χ4n) is 2.33. The van der Waals surface area contributed by atoms with Gasteiger partial charge in [0.05, 0.1) is 6.61 Å². The summed E-state index contributed by atoms with van der Waals surface area (Å²) in [5.41, 5.74) is 7.33. The summed E-state index contributed by atoms with van der Waals surface area (Å²) in [6, 6.07) is 5.73. The Kier molecular flexibility index (Phi) is 8.37. The van der Waals surface area contributed by atoms with E-state index in [0.717, 1.165) is 43.1 Å². The Morgan fingerprint density at radius 2 is 2.13 bits per heavy atom. The van der Waals surface area contributed by atoms with Crippen molar-refractivity contribution in [2.24, 2.45) is 17.6 Å². The number of carbonyl (C=O) groups is 1. The zero-order valence-electron chi connectivity index (χ0n) is 13.8. The molecule has 0 saturated carbocycles. The number of anilines is 1. The molecule has 0 aliphatic carbocycles. The van der Waals surface area contributed by atoms with E-state index >= 15 is 0 Å². The molecule has 1 fully saturated rings. The van der Waals surface area contributed by atoms with E-state index < -0.39 is 0 Å². The van der Waals surface area contributed by atoms with Crippen LogP contribution in [0, 0.1) is 18.8 Å². The molecule has 1 aliphatic heterocycles. The van der Waals surface area contributed by atoms with E-state index in [1.165, 1.54) is 0 Å². The number of benzene rings is 1. The lowest BCUT2D eigenvalue weighted by Gasteiger charge is -2.22. The summed E-state index contributed by atoms with van der Waals surface area (Å²) >= 11 is 0. The standard InChI is InChI=1S/C17H26N2O3.ClH/c1-12-3-4-15(19-17(20)13(2)10-18)9-16(12)22-11-14-5-7-21-8-6-14;/h3-4,9,13-14H,5-8,10-11,18H2,1-2H3,(H,19,20);1H. The van der Waals surface area contributed by atoms with Gasteiger partial charge in [-0.3, -0.25) is 4.79 Å². The normalized spacial score (nSPS) is 16.3. The number of aryl methyl sites for hydroxylation is 1. The molecule has 0 radical (unpaired) electrons. The molecule has 3 N–H and O–H groups in total. The van der Waals surface area contributed by atoms with Crippen LogP contribution in [0.25, 0.3) is 0 Å². The van der Waals surface area contributed by atoms with Crippen LogP contribution < -0.4 is 15.8 Å². The maximum Gasteiger partial charge on any atom is 0.228 e. The SMILES string of the molecule is Cc1ccc(NC(=O)C(C)CN)cc1OCC1CCOCC1.Cl. The minimum atomic E-state index is -0.201. The van der Waals surface area contributed by atoms with Crippen LogP contribution in [0.3, 0.4) is 0 Å². The lowest BCUT2D eigenvalue weighted by molar-refractivity contribution is -0.119. The number of hydrogen-bond donors (Lipinski definition) is 2. The monoisotopic (exact) mass is 342 g/mol. The summed E-state index contributed by atoms with van der Waals surface area (Å²) in [5.74, 6) is 1.10. The molecular weight excluding hydrogens is 316 g/mol. The van der Waals surface area contributed by atoms with Gasteiger partial charge in [-0.15, -0.1) is 12.4 Å². The number of nitrogens with two attached hydrogens (primary N) is 1. The molecule has 5 nitrogen and oxygen atoms in total. The summed E-state index contributed by atoms with van der Waals surface area (Å²) in [6.07, 6.45) is 2.09. The number of amides is 1. The van der Waals surface area contributed by atoms with Crippen molar-refractivity contribution >= 4 is 24.0 Å². The van der Waals surface area contributed by atoms with Crippen LogP contribution in [0.2, 0.25) is 0 Å². The third-order valence-electron chi connectivity index (χ3n) is 4.07. The lowest BCUT2D eigenvalue weighted by atomic mass is 10.0. The van der Waals surface area contributed by atoms with Crippen molar-refractivity contribution in [3.05, 3.63) is 23.8 Å². The largest absolute Gasteiger partial charge is 0.493 e. The van der Waals surface area contributed by atoms with Crippen LogP contribution in [0.4, 0.5) is 5.69 Å². The smallest absolute Gasteiger partial charge is 0.228 e. The van der Waals surface area contributed by atoms with E-state index in [-0.39, 0.29) is 24.2 Å². The first kappa shape index (κ1) is 19.7. The minimum absolute atomic E-state index is 0. The van der Waals surface area contributed by atoms with Crippen molar-refractivity contribution in [3.8, 4) is 5.75 Å². The van der Waals surface area contributed by atoms with Gasteiger partial charge in [0.15, 0.2) is 0 Å². The van der Waals surface area contributed by atoms with Gasteiger partial charge in [-0.25, -0.2) is 0 Å². The van der Waals surface area contributed by atoms with Crippen molar-refractivity contribution in [1.29, 1.82) is 0 Å². The zero-order valence-corrected chi connectivity index (χ0v) is 14.7. The van der Waals surface area contributed by atoms with E-state index in [0.29, 0.717) is 19.1 Å². The summed E-state index contributed by atoms with van der Waals surface area (Å²) in [5, 5.41) is 2.88. The average molecular weight is 343 g/mol. The van der Waals surface area contributed by atoms with Crippen LogP contribution in [-0.2, 0) is 9.53 Å². The molecule has 1 aromatic rings. The zero-order chi connectivity index (χ0) is 15.9. The molecule has 6 heteroatoms. The van der Waals surface area contributed by atoms with Gasteiger partial charge in [-0.1, -0.05) is 13.0 Å². The fraction of sp³-hybridized carbons (Fsp3) is 0.588. The number of ether oxygens (including phenoxy) is 2. The van der Waals surface area contributed by atoms with Crippen molar-refractivity contribution in [3.63, 3.8) is 0 Å². The second-order valence-corrected chi connectivity index (χ2v) is 5.97. The maximum absolute atomic E-state index is 11.9. The Balaban J connectivity index is 0.00000264. The van der Waals surface area contributed by atoms with E-state index in [1.54, 1.807) is 0 Å². The second kappa shape index (κ2) is 9.75. The predicted molar refractivity (Wildman–Crippen MR) is 94.3 cm³/mol. The second-order valence-electron chi connectivity index (χ2n) is 5.97. The minimum Gasteiger partial charge on any atom is -0.493 e. The first-order chi connectivity index (χ1) is 10.6. The maximum atomic E-state index is 11.9. The molecule has 130 valence electrons. The number of carbonyl (C=O) groups excluding carboxylic acids is 1. The Hall–Kier alpha value is -1.30. The molecule has 1 heterocycles. The van der Waals surface area contributed by atoms with Gasteiger partial charge < -0.3 is 20.5 Å². The molecule has 1 unspecified atom stereocenters. The molecule has 0 bridgehead atoms. The molecule has 1 saturated heterocycles. The van der Waals surface area contributed by atoms with Gasteiger partial charge >= 0.3 is 0 Å². The summed E-state index contributed by atoms with van der Waals surface area (Å²) in [4.78, 5) is 11.9. The van der Waals surface area contributed by atoms with Crippen LogP contribution in [0.15, 0.2) is 18.2 Å². The average Bonchev–Trinajstić information content (AvgIpc) is 2.55. The molecule has 1 aromatic carbocycles. The van der Waals surface area contributed by atoms with Crippen LogP contribution >= 0.6 is 12.4 Å². The highest BCUT2D eigenvalue weighted by Crippen LogP contribution is 2.25. The van der Waals surface area contributed by atoms with Gasteiger partial charge in [-0.05, 0) is 37.3 Å². The van der Waals surface area contributed by atoms with Gasteiger partial charge in [0, 0.05) is 37.4 Å². The van der Waals surface area contributed by atoms with E-state index in [2.05, 4.69) is 5.32 Å². The lowest BCUT2D eigenvalue weighted by Crippen LogP contribution is -2.26. The van der Waals surface area contributed by atoms with Gasteiger partial charge in [0.25, 0.3) is 0 Å². The Morgan fingerprint density at radius 1 is 1.43 bits per heavy atom. The highest BCUT2D eigenvalue weighted by molar-refractivity contribution is 5.92. The topological polar surface area (TPSA) is 73.6 Å². The molecule has 23 heavy (non-hydrogen) atoms. The third-order valence-corrected chi connectivity index (χ3v) is 4.07. The first-order valence-electron chi connectivity index (χ1n) is 7.92. The number of nitrogens with one attached hydrogen (secondary N) is 1. The third kappa shape index (κ3) is 6.01. The van der Waals surface area contributed by atoms with E-state index in [4.69, 9.17) is 15.2 Å². The molecule has 1 atom stereocenters. The molecule has 0 spiro atoms. The van der Waals surface area contributed by atoms with Crippen LogP contribution in [0.1, 0.15) is 25.3 Å². The van der Waals surface area contributed by atoms with Gasteiger partial charge in [-0.2, -0.15) is 0 Å². The Morgan fingerprint density at radius 3 is 2.78 bits per heavy atom. The quantitative estimate of drug-likeness (QED) is 0.833. The van der Waals surface area contributed by atoms with Crippen molar-refractivity contribution < 1.29 is 14.3 Å². The summed E-state index contributed by atoms with van der Waals surface area (Å²) < 4.78 is 11.3. The first-order valence-corrected chi connectivity index (χ1v) is 7.92. The highest BCUT2D eigenvalue weighted by Gasteiger charge is 2.16. The fourth-order valence-corrected chi connectivity index (χ4v) is 2.33. The number of halogens is 1.